The predicted octanol–water partition coefficient (Wildman–Crippen LogP) is 3.84. The third kappa shape index (κ3) is 3.05. The highest BCUT2D eigenvalue weighted by Crippen LogP contribution is 2.32. The second-order valence-electron chi connectivity index (χ2n) is 5.57. The number of aryl methyl sites for hydroxylation is 1. The first-order chi connectivity index (χ1) is 9.54. The summed E-state index contributed by atoms with van der Waals surface area (Å²) in [6, 6.07) is 5.95. The summed E-state index contributed by atoms with van der Waals surface area (Å²) >= 11 is 6.39. The van der Waals surface area contributed by atoms with E-state index in [-0.39, 0.29) is 0 Å². The molecule has 3 N–H and O–H groups in total. The molecule has 3 nitrogen and oxygen atoms in total. The first kappa shape index (κ1) is 15.1. The van der Waals surface area contributed by atoms with Gasteiger partial charge in [0.15, 0.2) is 0 Å². The quantitative estimate of drug-likeness (QED) is 0.880. The number of rotatable bonds is 5. The number of fused-ring (bicyclic) bond motifs is 1. The Morgan fingerprint density at radius 3 is 2.80 bits per heavy atom. The molecule has 20 heavy (non-hydrogen) atoms. The minimum atomic E-state index is 0.430. The number of hydrogen-bond acceptors (Lipinski definition) is 3. The van der Waals surface area contributed by atoms with Crippen LogP contribution in [0.5, 0.6) is 0 Å². The molecule has 1 atom stereocenters. The van der Waals surface area contributed by atoms with Crippen molar-refractivity contribution in [1.82, 2.24) is 4.98 Å². The maximum Gasteiger partial charge on any atom is 0.0752 e. The van der Waals surface area contributed by atoms with Gasteiger partial charge in [-0.3, -0.25) is 4.98 Å². The Labute approximate surface area is 125 Å². The maximum atomic E-state index is 6.39. The smallest absolute Gasteiger partial charge is 0.0752 e. The highest BCUT2D eigenvalue weighted by atomic mass is 35.5. The lowest BCUT2D eigenvalue weighted by Gasteiger charge is -2.21. The monoisotopic (exact) mass is 291 g/mol. The van der Waals surface area contributed by atoms with Crippen LogP contribution in [-0.4, -0.2) is 18.1 Å². The Morgan fingerprint density at radius 2 is 2.15 bits per heavy atom. The minimum Gasteiger partial charge on any atom is -0.383 e. The summed E-state index contributed by atoms with van der Waals surface area (Å²) in [6.07, 6.45) is 1.81. The van der Waals surface area contributed by atoms with Crippen molar-refractivity contribution in [2.24, 2.45) is 17.6 Å². The molecule has 0 spiro atoms. The van der Waals surface area contributed by atoms with E-state index in [1.807, 2.05) is 25.3 Å². The number of aromatic nitrogens is 1. The lowest BCUT2D eigenvalue weighted by atomic mass is 9.96. The molecule has 0 aliphatic carbocycles. The fourth-order valence-electron chi connectivity index (χ4n) is 2.38. The molecule has 0 aliphatic rings. The molecule has 2 rings (SSSR count). The van der Waals surface area contributed by atoms with Crippen molar-refractivity contribution in [1.29, 1.82) is 0 Å². The summed E-state index contributed by atoms with van der Waals surface area (Å²) in [5.74, 6) is 0.972. The van der Waals surface area contributed by atoms with Crippen LogP contribution in [0.15, 0.2) is 24.4 Å². The van der Waals surface area contributed by atoms with E-state index in [1.54, 1.807) is 0 Å². The molecule has 2 aromatic rings. The van der Waals surface area contributed by atoms with Crippen LogP contribution in [0.1, 0.15) is 19.4 Å². The summed E-state index contributed by atoms with van der Waals surface area (Å²) in [4.78, 5) is 4.44. The molecule has 1 unspecified atom stereocenters. The van der Waals surface area contributed by atoms with Crippen LogP contribution >= 0.6 is 11.6 Å². The zero-order valence-corrected chi connectivity index (χ0v) is 13.0. The maximum absolute atomic E-state index is 6.39. The second-order valence-corrected chi connectivity index (χ2v) is 5.98. The number of halogens is 1. The molecule has 0 aliphatic heterocycles. The van der Waals surface area contributed by atoms with Crippen molar-refractivity contribution in [3.05, 3.63) is 35.0 Å². The van der Waals surface area contributed by atoms with Crippen molar-refractivity contribution in [2.45, 2.75) is 20.8 Å². The van der Waals surface area contributed by atoms with E-state index in [0.717, 1.165) is 33.7 Å². The van der Waals surface area contributed by atoms with E-state index in [4.69, 9.17) is 17.3 Å². The molecule has 0 radical (unpaired) electrons. The van der Waals surface area contributed by atoms with Crippen molar-refractivity contribution >= 4 is 28.2 Å². The van der Waals surface area contributed by atoms with Crippen molar-refractivity contribution in [2.75, 3.05) is 18.4 Å². The molecule has 1 aromatic heterocycles. The van der Waals surface area contributed by atoms with Crippen LogP contribution in [0.4, 0.5) is 5.69 Å². The normalized spacial score (nSPS) is 12.9. The van der Waals surface area contributed by atoms with Crippen LogP contribution in [0.25, 0.3) is 10.9 Å². The third-order valence-corrected chi connectivity index (χ3v) is 4.12. The molecule has 0 amide bonds. The van der Waals surface area contributed by atoms with Gasteiger partial charge in [0.05, 0.1) is 16.2 Å². The van der Waals surface area contributed by atoms with Gasteiger partial charge in [-0.25, -0.2) is 0 Å². The van der Waals surface area contributed by atoms with Gasteiger partial charge < -0.3 is 11.1 Å². The van der Waals surface area contributed by atoms with Gasteiger partial charge in [0, 0.05) is 18.1 Å². The summed E-state index contributed by atoms with van der Waals surface area (Å²) in [6.45, 7) is 7.90. The average Bonchev–Trinajstić information content (AvgIpc) is 2.42. The molecular weight excluding hydrogens is 270 g/mol. The van der Waals surface area contributed by atoms with E-state index < -0.39 is 0 Å². The topological polar surface area (TPSA) is 50.9 Å². The Bertz CT molecular complexity index is 596. The molecule has 0 saturated heterocycles. The first-order valence-electron chi connectivity index (χ1n) is 7.02. The number of anilines is 1. The Balaban J connectivity index is 2.34. The average molecular weight is 292 g/mol. The molecule has 108 valence electrons. The molecular formula is C16H22ClN3. The van der Waals surface area contributed by atoms with Crippen LogP contribution in [0, 0.1) is 18.8 Å². The number of nitrogens with two attached hydrogens (primary N) is 1. The number of nitrogens with zero attached hydrogens (tertiary/aromatic N) is 1. The zero-order valence-electron chi connectivity index (χ0n) is 12.3. The van der Waals surface area contributed by atoms with Gasteiger partial charge in [-0.1, -0.05) is 25.4 Å². The van der Waals surface area contributed by atoms with Gasteiger partial charge in [-0.05, 0) is 49.1 Å². The minimum absolute atomic E-state index is 0.430. The number of pyridine rings is 1. The third-order valence-electron chi connectivity index (χ3n) is 3.82. The van der Waals surface area contributed by atoms with Gasteiger partial charge in [0.2, 0.25) is 0 Å². The van der Waals surface area contributed by atoms with E-state index in [2.05, 4.69) is 30.2 Å². The van der Waals surface area contributed by atoms with Crippen molar-refractivity contribution < 1.29 is 0 Å². The second kappa shape index (κ2) is 6.42. The Kier molecular flexibility index (Phi) is 4.84. The lowest BCUT2D eigenvalue weighted by Crippen LogP contribution is -2.27. The molecule has 0 saturated carbocycles. The van der Waals surface area contributed by atoms with E-state index in [0.29, 0.717) is 18.4 Å². The SMILES string of the molecule is Cc1cc(Cl)c(NCC(CN)C(C)C)c2cccnc12. The van der Waals surface area contributed by atoms with Crippen LogP contribution in [-0.2, 0) is 0 Å². The van der Waals surface area contributed by atoms with Gasteiger partial charge >= 0.3 is 0 Å². The zero-order chi connectivity index (χ0) is 14.7. The molecule has 0 fully saturated rings. The number of benzene rings is 1. The molecule has 0 bridgehead atoms. The van der Waals surface area contributed by atoms with Crippen molar-refractivity contribution in [3.8, 4) is 0 Å². The summed E-state index contributed by atoms with van der Waals surface area (Å²) in [5.41, 5.74) is 8.87. The van der Waals surface area contributed by atoms with Crippen molar-refractivity contribution in [3.63, 3.8) is 0 Å². The number of nitrogens with one attached hydrogen (secondary N) is 1. The van der Waals surface area contributed by atoms with Crippen LogP contribution < -0.4 is 11.1 Å². The Morgan fingerprint density at radius 1 is 1.40 bits per heavy atom. The first-order valence-corrected chi connectivity index (χ1v) is 7.40. The lowest BCUT2D eigenvalue weighted by molar-refractivity contribution is 0.413. The molecule has 1 heterocycles. The summed E-state index contributed by atoms with van der Waals surface area (Å²) < 4.78 is 0. The summed E-state index contributed by atoms with van der Waals surface area (Å²) in [5, 5.41) is 5.27. The highest BCUT2D eigenvalue weighted by molar-refractivity contribution is 6.35. The van der Waals surface area contributed by atoms with Gasteiger partial charge in [-0.2, -0.15) is 0 Å². The van der Waals surface area contributed by atoms with Gasteiger partial charge in [0.25, 0.3) is 0 Å². The standard InChI is InChI=1S/C16H22ClN3/c1-10(2)12(8-18)9-20-16-13-5-4-6-19-15(13)11(3)7-14(16)17/h4-7,10,12,20H,8-9,18H2,1-3H3. The van der Waals surface area contributed by atoms with E-state index in [1.165, 1.54) is 0 Å². The van der Waals surface area contributed by atoms with E-state index in [9.17, 15) is 0 Å². The predicted molar refractivity (Wildman–Crippen MR) is 87.4 cm³/mol. The van der Waals surface area contributed by atoms with Gasteiger partial charge in [0.1, 0.15) is 0 Å². The molecule has 1 aromatic carbocycles. The summed E-state index contributed by atoms with van der Waals surface area (Å²) in [7, 11) is 0. The fraction of sp³-hybridized carbons (Fsp3) is 0.438. The fourth-order valence-corrected chi connectivity index (χ4v) is 2.72. The Hall–Kier alpha value is -1.32. The van der Waals surface area contributed by atoms with Crippen LogP contribution in [0.2, 0.25) is 5.02 Å². The number of hydrogen-bond donors (Lipinski definition) is 2. The van der Waals surface area contributed by atoms with Crippen LogP contribution in [0.3, 0.4) is 0 Å². The highest BCUT2D eigenvalue weighted by Gasteiger charge is 2.14. The van der Waals surface area contributed by atoms with Gasteiger partial charge in [-0.15, -0.1) is 0 Å². The largest absolute Gasteiger partial charge is 0.383 e. The van der Waals surface area contributed by atoms with E-state index >= 15 is 0 Å². The molecule has 4 heteroatoms.